The minimum Gasteiger partial charge on any atom is -0.497 e. The summed E-state index contributed by atoms with van der Waals surface area (Å²) >= 11 is 0. The molecule has 0 radical (unpaired) electrons. The third kappa shape index (κ3) is 6.00. The van der Waals surface area contributed by atoms with Gasteiger partial charge in [0.05, 0.1) is 17.8 Å². The lowest BCUT2D eigenvalue weighted by Gasteiger charge is -2.08. The van der Waals surface area contributed by atoms with E-state index < -0.39 is 20.0 Å². The molecule has 0 fully saturated rings. The Bertz CT molecular complexity index is 639. The molecule has 1 aromatic rings. The molecule has 2 N–H and O–H groups in total. The zero-order valence-electron chi connectivity index (χ0n) is 12.0. The molecule has 0 aromatic heterocycles. The van der Waals surface area contributed by atoms with Gasteiger partial charge in [0, 0.05) is 13.1 Å². The van der Waals surface area contributed by atoms with Crippen molar-refractivity contribution >= 4 is 20.0 Å². The van der Waals surface area contributed by atoms with Crippen LogP contribution in [0.15, 0.2) is 29.2 Å². The fraction of sp³-hybridized carbons (Fsp3) is 0.500. The van der Waals surface area contributed by atoms with Crippen molar-refractivity contribution in [1.29, 1.82) is 0 Å². The molecule has 0 aliphatic rings. The second-order valence-electron chi connectivity index (χ2n) is 4.22. The van der Waals surface area contributed by atoms with Crippen LogP contribution in [0.5, 0.6) is 5.75 Å². The smallest absolute Gasteiger partial charge is 0.240 e. The summed E-state index contributed by atoms with van der Waals surface area (Å²) in [6.07, 6.45) is 0.370. The predicted octanol–water partition coefficient (Wildman–Crippen LogP) is 0.303. The SMILES string of the molecule is CCS(=O)(=O)NCCCNS(=O)(=O)c1ccc(OC)cc1. The van der Waals surface area contributed by atoms with E-state index >= 15 is 0 Å². The van der Waals surface area contributed by atoms with E-state index in [9.17, 15) is 16.8 Å². The Morgan fingerprint density at radius 1 is 1.00 bits per heavy atom. The molecular weight excluding hydrogens is 316 g/mol. The Hall–Kier alpha value is -1.16. The van der Waals surface area contributed by atoms with Gasteiger partial charge in [-0.1, -0.05) is 0 Å². The Balaban J connectivity index is 2.46. The number of hydrogen-bond donors (Lipinski definition) is 2. The van der Waals surface area contributed by atoms with Crippen LogP contribution in [0.1, 0.15) is 13.3 Å². The molecule has 21 heavy (non-hydrogen) atoms. The number of hydrogen-bond acceptors (Lipinski definition) is 5. The molecule has 0 saturated carbocycles. The fourth-order valence-corrected chi connectivity index (χ4v) is 3.20. The van der Waals surface area contributed by atoms with Gasteiger partial charge >= 0.3 is 0 Å². The summed E-state index contributed by atoms with van der Waals surface area (Å²) in [6, 6.07) is 6.01. The van der Waals surface area contributed by atoms with Gasteiger partial charge in [0.25, 0.3) is 0 Å². The first-order valence-electron chi connectivity index (χ1n) is 6.42. The Kier molecular flexibility index (Phi) is 6.59. The minimum atomic E-state index is -3.59. The molecule has 0 aliphatic heterocycles. The maximum Gasteiger partial charge on any atom is 0.240 e. The lowest BCUT2D eigenvalue weighted by atomic mass is 10.3. The van der Waals surface area contributed by atoms with Crippen LogP contribution < -0.4 is 14.2 Å². The molecule has 0 spiro atoms. The molecule has 0 aliphatic carbocycles. The van der Waals surface area contributed by atoms with E-state index in [1.165, 1.54) is 26.2 Å². The van der Waals surface area contributed by atoms with Gasteiger partial charge < -0.3 is 4.74 Å². The van der Waals surface area contributed by atoms with Crippen LogP contribution in [0, 0.1) is 0 Å². The van der Waals surface area contributed by atoms with Gasteiger partial charge in [0.2, 0.25) is 20.0 Å². The van der Waals surface area contributed by atoms with Crippen molar-refractivity contribution in [1.82, 2.24) is 9.44 Å². The van der Waals surface area contributed by atoms with Crippen molar-refractivity contribution < 1.29 is 21.6 Å². The number of nitrogens with one attached hydrogen (secondary N) is 2. The van der Waals surface area contributed by atoms with Crippen LogP contribution in [-0.4, -0.2) is 42.8 Å². The van der Waals surface area contributed by atoms with Crippen molar-refractivity contribution in [3.05, 3.63) is 24.3 Å². The summed E-state index contributed by atoms with van der Waals surface area (Å²) in [5.74, 6) is 0.577. The largest absolute Gasteiger partial charge is 0.497 e. The number of benzene rings is 1. The first-order chi connectivity index (χ1) is 9.80. The van der Waals surface area contributed by atoms with Gasteiger partial charge in [-0.05, 0) is 37.6 Å². The first kappa shape index (κ1) is 17.9. The Morgan fingerprint density at radius 3 is 2.10 bits per heavy atom. The summed E-state index contributed by atoms with van der Waals surface area (Å²) in [4.78, 5) is 0.137. The molecular formula is C12H20N2O5S2. The average molecular weight is 336 g/mol. The molecule has 9 heteroatoms. The van der Waals surface area contributed by atoms with E-state index in [1.807, 2.05) is 0 Å². The highest BCUT2D eigenvalue weighted by molar-refractivity contribution is 7.89. The highest BCUT2D eigenvalue weighted by Gasteiger charge is 2.13. The van der Waals surface area contributed by atoms with Crippen LogP contribution in [0.25, 0.3) is 0 Å². The summed E-state index contributed by atoms with van der Waals surface area (Å²) in [5.41, 5.74) is 0. The summed E-state index contributed by atoms with van der Waals surface area (Å²) in [7, 11) is -5.33. The molecule has 1 aromatic carbocycles. The van der Waals surface area contributed by atoms with Crippen molar-refractivity contribution in [2.24, 2.45) is 0 Å². The minimum absolute atomic E-state index is 0.00454. The molecule has 0 saturated heterocycles. The zero-order chi connectivity index (χ0) is 15.9. The zero-order valence-corrected chi connectivity index (χ0v) is 13.6. The number of methoxy groups -OCH3 is 1. The quantitative estimate of drug-likeness (QED) is 0.632. The second kappa shape index (κ2) is 7.74. The van der Waals surface area contributed by atoms with Crippen LogP contribution >= 0.6 is 0 Å². The standard InChI is InChI=1S/C12H20N2O5S2/c1-3-20(15,16)13-9-4-10-14-21(17,18)12-7-5-11(19-2)6-8-12/h5-8,13-14H,3-4,9-10H2,1-2H3. The van der Waals surface area contributed by atoms with Gasteiger partial charge in [0.15, 0.2) is 0 Å². The van der Waals surface area contributed by atoms with Crippen LogP contribution in [0.4, 0.5) is 0 Å². The normalized spacial score (nSPS) is 12.3. The van der Waals surface area contributed by atoms with Crippen molar-refractivity contribution in [3.8, 4) is 5.75 Å². The topological polar surface area (TPSA) is 102 Å². The molecule has 1 rings (SSSR count). The molecule has 0 heterocycles. The first-order valence-corrected chi connectivity index (χ1v) is 9.55. The second-order valence-corrected chi connectivity index (χ2v) is 8.09. The molecule has 0 atom stereocenters. The van der Waals surface area contributed by atoms with E-state index in [4.69, 9.17) is 4.74 Å². The van der Waals surface area contributed by atoms with Gasteiger partial charge in [0.1, 0.15) is 5.75 Å². The average Bonchev–Trinajstić information content (AvgIpc) is 2.46. The molecule has 0 bridgehead atoms. The lowest BCUT2D eigenvalue weighted by molar-refractivity contribution is 0.414. The Labute approximate surface area is 125 Å². The van der Waals surface area contributed by atoms with Crippen LogP contribution in [0.2, 0.25) is 0 Å². The molecule has 7 nitrogen and oxygen atoms in total. The fourth-order valence-electron chi connectivity index (χ4n) is 1.46. The highest BCUT2D eigenvalue weighted by atomic mass is 32.2. The summed E-state index contributed by atoms with van der Waals surface area (Å²) in [6.45, 7) is 1.89. The van der Waals surface area contributed by atoms with Crippen molar-refractivity contribution in [3.63, 3.8) is 0 Å². The van der Waals surface area contributed by atoms with Gasteiger partial charge in [-0.25, -0.2) is 26.3 Å². The Morgan fingerprint density at radius 2 is 1.57 bits per heavy atom. The van der Waals surface area contributed by atoms with Gasteiger partial charge in [-0.15, -0.1) is 0 Å². The van der Waals surface area contributed by atoms with Crippen molar-refractivity contribution in [2.75, 3.05) is 26.0 Å². The summed E-state index contributed by atoms with van der Waals surface area (Å²) < 4.78 is 56.0. The number of sulfonamides is 2. The van der Waals surface area contributed by atoms with E-state index in [2.05, 4.69) is 9.44 Å². The number of rotatable bonds is 9. The van der Waals surface area contributed by atoms with E-state index in [-0.39, 0.29) is 23.7 Å². The number of ether oxygens (including phenoxy) is 1. The molecule has 120 valence electrons. The van der Waals surface area contributed by atoms with E-state index in [1.54, 1.807) is 12.1 Å². The molecule has 0 amide bonds. The maximum absolute atomic E-state index is 12.0. The van der Waals surface area contributed by atoms with Gasteiger partial charge in [-0.2, -0.15) is 0 Å². The summed E-state index contributed by atoms with van der Waals surface area (Å²) in [5, 5.41) is 0. The predicted molar refractivity (Wildman–Crippen MR) is 80.3 cm³/mol. The van der Waals surface area contributed by atoms with Gasteiger partial charge in [-0.3, -0.25) is 0 Å². The van der Waals surface area contributed by atoms with E-state index in [0.29, 0.717) is 12.2 Å². The highest BCUT2D eigenvalue weighted by Crippen LogP contribution is 2.15. The molecule has 0 unspecified atom stereocenters. The van der Waals surface area contributed by atoms with Crippen LogP contribution in [0.3, 0.4) is 0 Å². The van der Waals surface area contributed by atoms with Crippen molar-refractivity contribution in [2.45, 2.75) is 18.2 Å². The lowest BCUT2D eigenvalue weighted by Crippen LogP contribution is -2.30. The van der Waals surface area contributed by atoms with E-state index in [0.717, 1.165) is 0 Å². The van der Waals surface area contributed by atoms with Crippen LogP contribution in [-0.2, 0) is 20.0 Å². The maximum atomic E-state index is 12.0. The third-order valence-corrected chi connectivity index (χ3v) is 5.60. The monoisotopic (exact) mass is 336 g/mol. The third-order valence-electron chi connectivity index (χ3n) is 2.72.